The molecule has 0 aliphatic carbocycles. The number of esters is 1. The number of ether oxygens (including phenoxy) is 1. The molecule has 0 unspecified atom stereocenters. The highest BCUT2D eigenvalue weighted by molar-refractivity contribution is 7.89. The van der Waals surface area contributed by atoms with Gasteiger partial charge in [-0.3, -0.25) is 9.78 Å². The highest BCUT2D eigenvalue weighted by atomic mass is 32.2. The standard InChI is InChI=1S/C27H24N4O5S/c32-26(19-36-27(33)12-10-22-18-28-24-7-3-4-8-25(24)29-22)30-13-15-31(16-14-30)37(34,35)23-11-9-20-5-1-2-6-21(20)17-23/h1-12,17-18H,13-16,19H2/b12-10+. The van der Waals surface area contributed by atoms with E-state index in [-0.39, 0.29) is 37.0 Å². The fraction of sp³-hybridized carbons (Fsp3) is 0.185. The van der Waals surface area contributed by atoms with Gasteiger partial charge < -0.3 is 9.64 Å². The number of para-hydroxylation sites is 2. The van der Waals surface area contributed by atoms with Crippen molar-refractivity contribution >= 4 is 49.8 Å². The van der Waals surface area contributed by atoms with Crippen molar-refractivity contribution in [1.29, 1.82) is 0 Å². The average molecular weight is 517 g/mol. The summed E-state index contributed by atoms with van der Waals surface area (Å²) in [4.78, 5) is 35.0. The molecular formula is C27H24N4O5S. The molecule has 2 heterocycles. The number of hydrogen-bond acceptors (Lipinski definition) is 7. The van der Waals surface area contributed by atoms with Gasteiger partial charge in [-0.2, -0.15) is 4.31 Å². The highest BCUT2D eigenvalue weighted by Crippen LogP contribution is 2.23. The molecule has 1 amide bonds. The topological polar surface area (TPSA) is 110 Å². The number of carbonyl (C=O) groups excluding carboxylic acids is 2. The van der Waals surface area contributed by atoms with Crippen LogP contribution in [0.15, 0.2) is 83.9 Å². The maximum Gasteiger partial charge on any atom is 0.331 e. The average Bonchev–Trinajstić information content (AvgIpc) is 2.94. The summed E-state index contributed by atoms with van der Waals surface area (Å²) in [5, 5.41) is 1.81. The molecule has 1 aliphatic rings. The Hall–Kier alpha value is -4.15. The number of nitrogens with zero attached hydrogens (tertiary/aromatic N) is 4. The molecule has 1 saturated heterocycles. The lowest BCUT2D eigenvalue weighted by molar-refractivity contribution is -0.148. The second-order valence-electron chi connectivity index (χ2n) is 8.52. The maximum absolute atomic E-state index is 13.1. The van der Waals surface area contributed by atoms with E-state index in [1.54, 1.807) is 24.4 Å². The number of fused-ring (bicyclic) bond motifs is 2. The fourth-order valence-electron chi connectivity index (χ4n) is 4.13. The first kappa shape index (κ1) is 24.5. The summed E-state index contributed by atoms with van der Waals surface area (Å²) in [6.45, 7) is 0.326. The van der Waals surface area contributed by atoms with Crippen LogP contribution in [0.3, 0.4) is 0 Å². The van der Waals surface area contributed by atoms with Crippen LogP contribution in [-0.2, 0) is 24.3 Å². The van der Waals surface area contributed by atoms with Crippen LogP contribution in [0.4, 0.5) is 0 Å². The number of piperazine rings is 1. The monoisotopic (exact) mass is 516 g/mol. The Morgan fingerprint density at radius 1 is 0.892 bits per heavy atom. The van der Waals surface area contributed by atoms with E-state index in [1.807, 2.05) is 48.5 Å². The van der Waals surface area contributed by atoms with E-state index in [2.05, 4.69) is 9.97 Å². The minimum atomic E-state index is -3.69. The first-order valence-corrected chi connectivity index (χ1v) is 13.2. The van der Waals surface area contributed by atoms with Gasteiger partial charge in [0.1, 0.15) is 0 Å². The predicted molar refractivity (Wildman–Crippen MR) is 139 cm³/mol. The first-order valence-electron chi connectivity index (χ1n) is 11.7. The quantitative estimate of drug-likeness (QED) is 0.286. The Morgan fingerprint density at radius 2 is 1.59 bits per heavy atom. The third-order valence-electron chi connectivity index (χ3n) is 6.15. The zero-order chi connectivity index (χ0) is 25.8. The molecule has 9 nitrogen and oxygen atoms in total. The lowest BCUT2D eigenvalue weighted by Crippen LogP contribution is -2.51. The summed E-state index contributed by atoms with van der Waals surface area (Å²) in [5.74, 6) is -1.06. The number of hydrogen-bond donors (Lipinski definition) is 0. The zero-order valence-electron chi connectivity index (χ0n) is 19.9. The van der Waals surface area contributed by atoms with Crippen molar-refractivity contribution in [1.82, 2.24) is 19.2 Å². The minimum Gasteiger partial charge on any atom is -0.452 e. The van der Waals surface area contributed by atoms with Crippen LogP contribution in [0.2, 0.25) is 0 Å². The van der Waals surface area contributed by atoms with Crippen LogP contribution in [0, 0.1) is 0 Å². The summed E-state index contributed by atoms with van der Waals surface area (Å²) >= 11 is 0. The molecule has 0 saturated carbocycles. The Kier molecular flexibility index (Phi) is 6.93. The minimum absolute atomic E-state index is 0.162. The fourth-order valence-corrected chi connectivity index (χ4v) is 5.59. The van der Waals surface area contributed by atoms with Gasteiger partial charge in [-0.1, -0.05) is 42.5 Å². The third-order valence-corrected chi connectivity index (χ3v) is 8.04. The second-order valence-corrected chi connectivity index (χ2v) is 10.5. The molecule has 37 heavy (non-hydrogen) atoms. The number of rotatable bonds is 6. The van der Waals surface area contributed by atoms with E-state index in [9.17, 15) is 18.0 Å². The van der Waals surface area contributed by atoms with Crippen molar-refractivity contribution in [3.63, 3.8) is 0 Å². The molecular weight excluding hydrogens is 492 g/mol. The van der Waals surface area contributed by atoms with Gasteiger partial charge in [-0.15, -0.1) is 0 Å². The van der Waals surface area contributed by atoms with Crippen molar-refractivity contribution in [3.8, 4) is 0 Å². The molecule has 3 aromatic carbocycles. The first-order chi connectivity index (χ1) is 17.9. The van der Waals surface area contributed by atoms with Crippen LogP contribution >= 0.6 is 0 Å². The van der Waals surface area contributed by atoms with E-state index in [4.69, 9.17) is 4.74 Å². The van der Waals surface area contributed by atoms with Gasteiger partial charge in [0.2, 0.25) is 10.0 Å². The van der Waals surface area contributed by atoms with E-state index in [0.717, 1.165) is 16.3 Å². The van der Waals surface area contributed by atoms with Gasteiger partial charge in [-0.05, 0) is 41.1 Å². The molecule has 10 heteroatoms. The lowest BCUT2D eigenvalue weighted by atomic mass is 10.1. The van der Waals surface area contributed by atoms with Crippen molar-refractivity contribution in [2.75, 3.05) is 32.8 Å². The Morgan fingerprint density at radius 3 is 2.38 bits per heavy atom. The normalized spacial score (nSPS) is 14.9. The van der Waals surface area contributed by atoms with Gasteiger partial charge in [0.25, 0.3) is 5.91 Å². The van der Waals surface area contributed by atoms with Gasteiger partial charge in [0.15, 0.2) is 6.61 Å². The summed E-state index contributed by atoms with van der Waals surface area (Å²) in [7, 11) is -3.69. The predicted octanol–water partition coefficient (Wildman–Crippen LogP) is 2.87. The molecule has 0 bridgehead atoms. The summed E-state index contributed by atoms with van der Waals surface area (Å²) in [6.07, 6.45) is 4.21. The van der Waals surface area contributed by atoms with E-state index in [0.29, 0.717) is 11.2 Å². The lowest BCUT2D eigenvalue weighted by Gasteiger charge is -2.33. The maximum atomic E-state index is 13.1. The van der Waals surface area contributed by atoms with Crippen LogP contribution in [0.5, 0.6) is 0 Å². The molecule has 5 rings (SSSR count). The number of amides is 1. The molecule has 0 N–H and O–H groups in total. The SMILES string of the molecule is O=C(/C=C/c1cnc2ccccc2n1)OCC(=O)N1CCN(S(=O)(=O)c2ccc3ccccc3c2)CC1. The Labute approximate surface area is 214 Å². The van der Waals surface area contributed by atoms with Crippen LogP contribution in [0.1, 0.15) is 5.69 Å². The smallest absolute Gasteiger partial charge is 0.331 e. The molecule has 0 spiro atoms. The molecule has 1 fully saturated rings. The largest absolute Gasteiger partial charge is 0.452 e. The number of aromatic nitrogens is 2. The van der Waals surface area contributed by atoms with E-state index >= 15 is 0 Å². The van der Waals surface area contributed by atoms with Crippen molar-refractivity contribution in [2.24, 2.45) is 0 Å². The summed E-state index contributed by atoms with van der Waals surface area (Å²) < 4.78 is 32.7. The molecule has 188 valence electrons. The van der Waals surface area contributed by atoms with Crippen LogP contribution in [-0.4, -0.2) is 72.3 Å². The van der Waals surface area contributed by atoms with E-state index < -0.39 is 22.6 Å². The van der Waals surface area contributed by atoms with Crippen LogP contribution in [0.25, 0.3) is 27.9 Å². The molecule has 1 aliphatic heterocycles. The Balaban J connectivity index is 1.13. The number of sulfonamides is 1. The van der Waals surface area contributed by atoms with Crippen molar-refractivity contribution < 1.29 is 22.7 Å². The second kappa shape index (κ2) is 10.5. The summed E-state index contributed by atoms with van der Waals surface area (Å²) in [6, 6.07) is 20.0. The van der Waals surface area contributed by atoms with E-state index in [1.165, 1.54) is 21.4 Å². The molecule has 0 radical (unpaired) electrons. The van der Waals surface area contributed by atoms with Crippen LogP contribution < -0.4 is 0 Å². The molecule has 4 aromatic rings. The number of carbonyl (C=O) groups is 2. The van der Waals surface area contributed by atoms with Gasteiger partial charge in [-0.25, -0.2) is 18.2 Å². The Bertz CT molecular complexity index is 1610. The van der Waals surface area contributed by atoms with Gasteiger partial charge in [0, 0.05) is 32.3 Å². The third kappa shape index (κ3) is 5.50. The molecule has 0 atom stereocenters. The van der Waals surface area contributed by atoms with Gasteiger partial charge >= 0.3 is 5.97 Å². The van der Waals surface area contributed by atoms with Crippen molar-refractivity contribution in [2.45, 2.75) is 4.90 Å². The number of benzene rings is 3. The van der Waals surface area contributed by atoms with Crippen molar-refractivity contribution in [3.05, 3.63) is 84.7 Å². The summed E-state index contributed by atoms with van der Waals surface area (Å²) in [5.41, 5.74) is 1.94. The molecule has 1 aromatic heterocycles. The zero-order valence-corrected chi connectivity index (χ0v) is 20.7. The van der Waals surface area contributed by atoms with Gasteiger partial charge in [0.05, 0.1) is 27.8 Å². The highest BCUT2D eigenvalue weighted by Gasteiger charge is 2.30.